The molecule has 1 saturated heterocycles. The zero-order valence-corrected chi connectivity index (χ0v) is 10.9. The van der Waals surface area contributed by atoms with Crippen LogP contribution in [0.25, 0.3) is 0 Å². The molecule has 106 valence electrons. The number of anilines is 1. The lowest BCUT2D eigenvalue weighted by molar-refractivity contribution is -0.142. The number of rotatable bonds is 2. The maximum absolute atomic E-state index is 13.0. The van der Waals surface area contributed by atoms with Crippen LogP contribution in [-0.4, -0.2) is 36.3 Å². The Kier molecular flexibility index (Phi) is 3.93. The molecule has 0 spiro atoms. The highest BCUT2D eigenvalue weighted by Crippen LogP contribution is 2.34. The Morgan fingerprint density at radius 3 is 2.42 bits per heavy atom. The molecule has 1 aliphatic rings. The topological polar surface area (TPSA) is 38.2 Å². The van der Waals surface area contributed by atoms with Gasteiger partial charge in [-0.15, -0.1) is 0 Å². The normalized spacial score (nSPS) is 17.1. The number of hydrogen-bond acceptors (Lipinski definition) is 4. The molecule has 0 unspecified atom stereocenters. The second-order valence-electron chi connectivity index (χ2n) is 4.73. The van der Waals surface area contributed by atoms with Gasteiger partial charge in [0.25, 0.3) is 0 Å². The second-order valence-corrected chi connectivity index (χ2v) is 4.73. The van der Waals surface area contributed by atoms with E-state index >= 15 is 0 Å². The molecular weight excluding hydrogens is 259 g/mol. The maximum atomic E-state index is 13.0. The quantitative estimate of drug-likeness (QED) is 0.831. The summed E-state index contributed by atoms with van der Waals surface area (Å²) in [6.07, 6.45) is -3.17. The van der Waals surface area contributed by atoms with Crippen molar-refractivity contribution in [1.82, 2.24) is 9.97 Å². The molecule has 0 saturated carbocycles. The standard InChI is InChI=1S/C12H16F3N3O/c1-8(2)9-7-16-11(17-10(9)12(13,14)15)18-3-5-19-6-4-18/h7-8H,3-6H2,1-2H3. The number of ether oxygens (including phenoxy) is 1. The summed E-state index contributed by atoms with van der Waals surface area (Å²) in [6.45, 7) is 5.38. The predicted octanol–water partition coefficient (Wildman–Crippen LogP) is 2.46. The van der Waals surface area contributed by atoms with Crippen LogP contribution in [0.2, 0.25) is 0 Å². The fraction of sp³-hybridized carbons (Fsp3) is 0.667. The van der Waals surface area contributed by atoms with Crippen LogP contribution in [0.4, 0.5) is 19.1 Å². The number of hydrogen-bond donors (Lipinski definition) is 0. The third-order valence-corrected chi connectivity index (χ3v) is 2.99. The van der Waals surface area contributed by atoms with Crippen molar-refractivity contribution in [3.8, 4) is 0 Å². The van der Waals surface area contributed by atoms with E-state index in [0.29, 0.717) is 26.3 Å². The van der Waals surface area contributed by atoms with Crippen molar-refractivity contribution >= 4 is 5.95 Å². The van der Waals surface area contributed by atoms with E-state index in [1.165, 1.54) is 6.20 Å². The molecule has 1 aliphatic heterocycles. The molecule has 0 radical (unpaired) electrons. The van der Waals surface area contributed by atoms with Gasteiger partial charge in [0.05, 0.1) is 13.2 Å². The third-order valence-electron chi connectivity index (χ3n) is 2.99. The minimum atomic E-state index is -4.45. The lowest BCUT2D eigenvalue weighted by atomic mass is 10.0. The lowest BCUT2D eigenvalue weighted by Gasteiger charge is -2.27. The van der Waals surface area contributed by atoms with Crippen molar-refractivity contribution in [2.75, 3.05) is 31.2 Å². The number of morpholine rings is 1. The molecule has 4 nitrogen and oxygen atoms in total. The smallest absolute Gasteiger partial charge is 0.378 e. The Labute approximate surface area is 109 Å². The summed E-state index contributed by atoms with van der Waals surface area (Å²) in [5, 5.41) is 0. The molecule has 0 aliphatic carbocycles. The largest absolute Gasteiger partial charge is 0.433 e. The van der Waals surface area contributed by atoms with Gasteiger partial charge >= 0.3 is 6.18 Å². The van der Waals surface area contributed by atoms with E-state index in [1.54, 1.807) is 18.7 Å². The summed E-state index contributed by atoms with van der Waals surface area (Å²) >= 11 is 0. The van der Waals surface area contributed by atoms with Crippen LogP contribution in [0, 0.1) is 0 Å². The molecular formula is C12H16F3N3O. The van der Waals surface area contributed by atoms with Crippen molar-refractivity contribution in [2.45, 2.75) is 25.9 Å². The van der Waals surface area contributed by atoms with E-state index in [1.807, 2.05) is 0 Å². The van der Waals surface area contributed by atoms with Crippen LogP contribution in [0.15, 0.2) is 6.20 Å². The number of halogens is 3. The van der Waals surface area contributed by atoms with E-state index in [2.05, 4.69) is 9.97 Å². The van der Waals surface area contributed by atoms with Crippen LogP contribution in [0.5, 0.6) is 0 Å². The predicted molar refractivity (Wildman–Crippen MR) is 64.2 cm³/mol. The summed E-state index contributed by atoms with van der Waals surface area (Å²) < 4.78 is 44.2. The maximum Gasteiger partial charge on any atom is 0.433 e. The molecule has 7 heteroatoms. The van der Waals surface area contributed by atoms with Crippen LogP contribution in [0.1, 0.15) is 31.0 Å². The monoisotopic (exact) mass is 275 g/mol. The summed E-state index contributed by atoms with van der Waals surface area (Å²) in [6, 6.07) is 0. The van der Waals surface area contributed by atoms with Crippen LogP contribution in [-0.2, 0) is 10.9 Å². The molecule has 0 atom stereocenters. The molecule has 0 aromatic carbocycles. The Hall–Kier alpha value is -1.37. The first-order valence-electron chi connectivity index (χ1n) is 6.16. The average molecular weight is 275 g/mol. The van der Waals surface area contributed by atoms with Gasteiger partial charge in [-0.2, -0.15) is 13.2 Å². The zero-order chi connectivity index (χ0) is 14.0. The van der Waals surface area contributed by atoms with Crippen LogP contribution >= 0.6 is 0 Å². The summed E-state index contributed by atoms with van der Waals surface area (Å²) in [7, 11) is 0. The molecule has 2 rings (SSSR count). The number of alkyl halides is 3. The molecule has 0 bridgehead atoms. The zero-order valence-electron chi connectivity index (χ0n) is 10.9. The Balaban J connectivity index is 2.37. The second kappa shape index (κ2) is 5.32. The molecule has 1 aromatic heterocycles. The van der Waals surface area contributed by atoms with Crippen LogP contribution < -0.4 is 4.90 Å². The van der Waals surface area contributed by atoms with E-state index in [0.717, 1.165) is 0 Å². The highest BCUT2D eigenvalue weighted by Gasteiger charge is 2.37. The third kappa shape index (κ3) is 3.15. The van der Waals surface area contributed by atoms with Gasteiger partial charge in [-0.1, -0.05) is 13.8 Å². The van der Waals surface area contributed by atoms with E-state index in [-0.39, 0.29) is 17.4 Å². The minimum Gasteiger partial charge on any atom is -0.378 e. The molecule has 1 fully saturated rings. The first-order chi connectivity index (χ1) is 8.89. The summed E-state index contributed by atoms with van der Waals surface area (Å²) in [4.78, 5) is 9.49. The fourth-order valence-electron chi connectivity index (χ4n) is 1.95. The van der Waals surface area contributed by atoms with Gasteiger partial charge in [0.1, 0.15) is 0 Å². The van der Waals surface area contributed by atoms with E-state index in [9.17, 15) is 13.2 Å². The highest BCUT2D eigenvalue weighted by molar-refractivity contribution is 5.35. The van der Waals surface area contributed by atoms with Crippen molar-refractivity contribution in [2.24, 2.45) is 0 Å². The van der Waals surface area contributed by atoms with Crippen molar-refractivity contribution in [3.63, 3.8) is 0 Å². The fourth-order valence-corrected chi connectivity index (χ4v) is 1.95. The highest BCUT2D eigenvalue weighted by atomic mass is 19.4. The SMILES string of the molecule is CC(C)c1cnc(N2CCOCC2)nc1C(F)(F)F. The van der Waals surface area contributed by atoms with Gasteiger partial charge in [-0.3, -0.25) is 0 Å². The minimum absolute atomic E-state index is 0.125. The molecule has 0 N–H and O–H groups in total. The van der Waals surface area contributed by atoms with Gasteiger partial charge in [-0.25, -0.2) is 9.97 Å². The Bertz CT molecular complexity index is 442. The van der Waals surface area contributed by atoms with Gasteiger partial charge in [0.2, 0.25) is 5.95 Å². The molecule has 1 aromatic rings. The number of nitrogens with zero attached hydrogens (tertiary/aromatic N) is 3. The van der Waals surface area contributed by atoms with Gasteiger partial charge < -0.3 is 9.64 Å². The van der Waals surface area contributed by atoms with Crippen LogP contribution in [0.3, 0.4) is 0 Å². The first kappa shape index (κ1) is 14.0. The lowest BCUT2D eigenvalue weighted by Crippen LogP contribution is -2.37. The van der Waals surface area contributed by atoms with Gasteiger partial charge in [0.15, 0.2) is 5.69 Å². The van der Waals surface area contributed by atoms with Gasteiger partial charge in [-0.05, 0) is 5.92 Å². The van der Waals surface area contributed by atoms with E-state index in [4.69, 9.17) is 4.74 Å². The van der Waals surface area contributed by atoms with Crippen molar-refractivity contribution in [1.29, 1.82) is 0 Å². The van der Waals surface area contributed by atoms with E-state index < -0.39 is 11.9 Å². The van der Waals surface area contributed by atoms with Crippen molar-refractivity contribution in [3.05, 3.63) is 17.5 Å². The molecule has 0 amide bonds. The average Bonchev–Trinajstić information content (AvgIpc) is 2.38. The summed E-state index contributed by atoms with van der Waals surface area (Å²) in [5.74, 6) is -0.143. The molecule has 2 heterocycles. The number of aromatic nitrogens is 2. The Morgan fingerprint density at radius 1 is 1.26 bits per heavy atom. The molecule has 19 heavy (non-hydrogen) atoms. The summed E-state index contributed by atoms with van der Waals surface area (Å²) in [5.41, 5.74) is -0.705. The van der Waals surface area contributed by atoms with Crippen molar-refractivity contribution < 1.29 is 17.9 Å². The first-order valence-corrected chi connectivity index (χ1v) is 6.16. The Morgan fingerprint density at radius 2 is 1.89 bits per heavy atom. The van der Waals surface area contributed by atoms with Gasteiger partial charge in [0, 0.05) is 24.8 Å².